The van der Waals surface area contributed by atoms with Crippen LogP contribution in [0.1, 0.15) is 50.0 Å². The summed E-state index contributed by atoms with van der Waals surface area (Å²) in [7, 11) is 0. The minimum Gasteiger partial charge on any atom is -0.490 e. The highest BCUT2D eigenvalue weighted by Crippen LogP contribution is 2.36. The normalized spacial score (nSPS) is 12.0. The van der Waals surface area contributed by atoms with E-state index in [1.165, 1.54) is 24.4 Å². The van der Waals surface area contributed by atoms with E-state index in [1.807, 2.05) is 13.8 Å². The van der Waals surface area contributed by atoms with Crippen LogP contribution in [0.4, 0.5) is 4.39 Å². The average molecular weight is 522 g/mol. The Bertz CT molecular complexity index is 998. The van der Waals surface area contributed by atoms with Gasteiger partial charge in [-0.05, 0) is 65.0 Å². The first kappa shape index (κ1) is 26.3. The quantitative estimate of drug-likeness (QED) is 0.331. The van der Waals surface area contributed by atoms with Crippen molar-refractivity contribution in [2.75, 3.05) is 13.2 Å². The summed E-state index contributed by atoms with van der Waals surface area (Å²) in [5.41, 5.74) is 2.98. The largest absolute Gasteiger partial charge is 0.490 e. The number of hydrazone groups is 1. The number of hydrogen-bond donors (Lipinski definition) is 2. The van der Waals surface area contributed by atoms with Crippen LogP contribution in [-0.2, 0) is 4.79 Å². The molecule has 0 aliphatic heterocycles. The maximum Gasteiger partial charge on any atom is 0.262 e. The zero-order valence-electron chi connectivity index (χ0n) is 19.2. The van der Waals surface area contributed by atoms with Crippen molar-refractivity contribution in [3.63, 3.8) is 0 Å². The molecular weight excluding hydrogens is 493 g/mol. The van der Waals surface area contributed by atoms with Gasteiger partial charge >= 0.3 is 0 Å². The Morgan fingerprint density at radius 2 is 1.91 bits per heavy atom. The molecule has 0 aliphatic carbocycles. The van der Waals surface area contributed by atoms with Gasteiger partial charge in [0.05, 0.1) is 29.5 Å². The van der Waals surface area contributed by atoms with Crippen LogP contribution in [0.2, 0.25) is 0 Å². The third-order valence-electron chi connectivity index (χ3n) is 4.52. The van der Waals surface area contributed by atoms with Crippen molar-refractivity contribution in [1.29, 1.82) is 0 Å². The highest BCUT2D eigenvalue weighted by Gasteiger charge is 2.25. The summed E-state index contributed by atoms with van der Waals surface area (Å²) < 4.78 is 26.0. The first-order valence-corrected chi connectivity index (χ1v) is 11.5. The van der Waals surface area contributed by atoms with Gasteiger partial charge in [-0.15, -0.1) is 0 Å². The van der Waals surface area contributed by atoms with E-state index in [0.29, 0.717) is 34.7 Å². The van der Waals surface area contributed by atoms with Gasteiger partial charge in [-0.2, -0.15) is 5.10 Å². The lowest BCUT2D eigenvalue weighted by Gasteiger charge is -2.20. The Labute approximate surface area is 201 Å². The summed E-state index contributed by atoms with van der Waals surface area (Å²) in [5.74, 6) is -0.916. The lowest BCUT2D eigenvalue weighted by Crippen LogP contribution is -2.48. The molecule has 0 fully saturated rings. The molecule has 0 heterocycles. The fraction of sp³-hybridized carbons (Fsp3) is 0.375. The van der Waals surface area contributed by atoms with Crippen molar-refractivity contribution in [3.05, 3.63) is 57.8 Å². The van der Waals surface area contributed by atoms with E-state index < -0.39 is 23.7 Å². The molecule has 2 aromatic rings. The Morgan fingerprint density at radius 1 is 1.18 bits per heavy atom. The maximum atomic E-state index is 13.9. The molecule has 1 atom stereocenters. The van der Waals surface area contributed by atoms with Crippen LogP contribution < -0.4 is 20.2 Å². The number of carbonyl (C=O) groups excluding carboxylic acids is 2. The molecule has 2 amide bonds. The SMILES string of the molecule is CCCOc1c(Br)cc(/C=N/NC(=O)C(NC(=O)c2ccccc2F)C(C)C)cc1OCC. The summed E-state index contributed by atoms with van der Waals surface area (Å²) in [6.07, 6.45) is 2.32. The van der Waals surface area contributed by atoms with Gasteiger partial charge in [0, 0.05) is 0 Å². The van der Waals surface area contributed by atoms with Crippen LogP contribution in [0, 0.1) is 11.7 Å². The Kier molecular flexibility index (Phi) is 10.3. The van der Waals surface area contributed by atoms with Gasteiger partial charge in [0.1, 0.15) is 11.9 Å². The van der Waals surface area contributed by atoms with Crippen molar-refractivity contribution >= 4 is 34.0 Å². The zero-order valence-corrected chi connectivity index (χ0v) is 20.7. The summed E-state index contributed by atoms with van der Waals surface area (Å²) >= 11 is 3.48. The van der Waals surface area contributed by atoms with Crippen LogP contribution in [0.3, 0.4) is 0 Å². The first-order chi connectivity index (χ1) is 15.8. The average Bonchev–Trinajstić information content (AvgIpc) is 2.77. The lowest BCUT2D eigenvalue weighted by molar-refractivity contribution is -0.123. The van der Waals surface area contributed by atoms with Crippen molar-refractivity contribution in [3.8, 4) is 11.5 Å². The number of rotatable bonds is 11. The third-order valence-corrected chi connectivity index (χ3v) is 5.11. The number of ether oxygens (including phenoxy) is 2. The van der Waals surface area contributed by atoms with Crippen molar-refractivity contribution in [1.82, 2.24) is 10.7 Å². The fourth-order valence-electron chi connectivity index (χ4n) is 2.91. The van der Waals surface area contributed by atoms with Crippen LogP contribution in [-0.4, -0.2) is 37.3 Å². The topological polar surface area (TPSA) is 89.0 Å². The predicted octanol–water partition coefficient (Wildman–Crippen LogP) is 4.68. The highest BCUT2D eigenvalue weighted by atomic mass is 79.9. The molecule has 0 aliphatic rings. The lowest BCUT2D eigenvalue weighted by atomic mass is 10.0. The van der Waals surface area contributed by atoms with Gasteiger partial charge in [0.15, 0.2) is 11.5 Å². The molecule has 0 radical (unpaired) electrons. The molecule has 0 spiro atoms. The number of amides is 2. The van der Waals surface area contributed by atoms with E-state index in [2.05, 4.69) is 31.8 Å². The summed E-state index contributed by atoms with van der Waals surface area (Å²) in [6, 6.07) is 8.25. The molecule has 0 saturated carbocycles. The molecule has 9 heteroatoms. The monoisotopic (exact) mass is 521 g/mol. The molecule has 2 aromatic carbocycles. The molecule has 33 heavy (non-hydrogen) atoms. The third kappa shape index (κ3) is 7.56. The number of nitrogens with zero attached hydrogens (tertiary/aromatic N) is 1. The zero-order chi connectivity index (χ0) is 24.4. The predicted molar refractivity (Wildman–Crippen MR) is 129 cm³/mol. The molecular formula is C24H29BrFN3O4. The van der Waals surface area contributed by atoms with E-state index in [9.17, 15) is 14.0 Å². The fourth-order valence-corrected chi connectivity index (χ4v) is 3.48. The standard InChI is InChI=1S/C24H29BrFN3O4/c1-5-11-33-22-18(25)12-16(13-20(22)32-6-2)14-27-29-24(31)21(15(3)4)28-23(30)17-9-7-8-10-19(17)26/h7-10,12-15,21H,5-6,11H2,1-4H3,(H,28,30)(H,29,31)/b27-14+. The molecule has 0 bridgehead atoms. The minimum atomic E-state index is -0.898. The smallest absolute Gasteiger partial charge is 0.262 e. The minimum absolute atomic E-state index is 0.127. The Morgan fingerprint density at radius 3 is 2.55 bits per heavy atom. The van der Waals surface area contributed by atoms with Crippen LogP contribution in [0.25, 0.3) is 0 Å². The van der Waals surface area contributed by atoms with Gasteiger partial charge in [-0.3, -0.25) is 9.59 Å². The molecule has 1 unspecified atom stereocenters. The Balaban J connectivity index is 2.11. The number of halogens is 2. The second-order valence-corrected chi connectivity index (χ2v) is 8.38. The molecule has 7 nitrogen and oxygen atoms in total. The van der Waals surface area contributed by atoms with Crippen molar-refractivity contribution in [2.24, 2.45) is 11.0 Å². The molecule has 0 aromatic heterocycles. The van der Waals surface area contributed by atoms with Crippen molar-refractivity contribution in [2.45, 2.75) is 40.2 Å². The number of carbonyl (C=O) groups is 2. The van der Waals surface area contributed by atoms with E-state index >= 15 is 0 Å². The van der Waals surface area contributed by atoms with Gasteiger partial charge in [-0.25, -0.2) is 9.82 Å². The number of nitrogens with one attached hydrogen (secondary N) is 2. The van der Waals surface area contributed by atoms with E-state index in [-0.39, 0.29) is 11.5 Å². The maximum absolute atomic E-state index is 13.9. The molecule has 2 rings (SSSR count). The summed E-state index contributed by atoms with van der Waals surface area (Å²) in [5, 5.41) is 6.58. The Hall–Kier alpha value is -2.94. The number of hydrogen-bond acceptors (Lipinski definition) is 5. The van der Waals surface area contributed by atoms with E-state index in [1.54, 1.807) is 32.0 Å². The van der Waals surface area contributed by atoms with E-state index in [4.69, 9.17) is 9.47 Å². The van der Waals surface area contributed by atoms with Gasteiger partial charge in [0.25, 0.3) is 11.8 Å². The second-order valence-electron chi connectivity index (χ2n) is 7.52. The first-order valence-electron chi connectivity index (χ1n) is 10.8. The number of benzene rings is 2. The second kappa shape index (κ2) is 12.9. The van der Waals surface area contributed by atoms with Crippen molar-refractivity contribution < 1.29 is 23.5 Å². The molecule has 2 N–H and O–H groups in total. The molecule has 178 valence electrons. The highest BCUT2D eigenvalue weighted by molar-refractivity contribution is 9.10. The van der Waals surface area contributed by atoms with Crippen LogP contribution in [0.5, 0.6) is 11.5 Å². The summed E-state index contributed by atoms with van der Waals surface area (Å²) in [4.78, 5) is 25.1. The van der Waals surface area contributed by atoms with E-state index in [0.717, 1.165) is 6.42 Å². The van der Waals surface area contributed by atoms with Gasteiger partial charge in [0.2, 0.25) is 0 Å². The van der Waals surface area contributed by atoms with Crippen LogP contribution in [0.15, 0.2) is 46.0 Å². The summed E-state index contributed by atoms with van der Waals surface area (Å²) in [6.45, 7) is 8.45. The van der Waals surface area contributed by atoms with Crippen LogP contribution >= 0.6 is 15.9 Å². The van der Waals surface area contributed by atoms with Gasteiger partial charge < -0.3 is 14.8 Å². The van der Waals surface area contributed by atoms with Gasteiger partial charge in [-0.1, -0.05) is 32.9 Å². The molecule has 0 saturated heterocycles.